The van der Waals surface area contributed by atoms with Gasteiger partial charge in [-0.1, -0.05) is 26.0 Å². The van der Waals surface area contributed by atoms with Gasteiger partial charge in [0, 0.05) is 13.2 Å². The number of hydrogen-bond acceptors (Lipinski definition) is 3. The number of hydrogen-bond donors (Lipinski definition) is 2. The molecule has 0 bridgehead atoms. The molecule has 124 valence electrons. The van der Waals surface area contributed by atoms with Crippen LogP contribution in [0, 0.1) is 11.7 Å². The smallest absolute Gasteiger partial charge is 0.230 e. The van der Waals surface area contributed by atoms with Crippen LogP contribution in [0.5, 0.6) is 0 Å². The van der Waals surface area contributed by atoms with Crippen LogP contribution in [-0.2, 0) is 14.9 Å². The van der Waals surface area contributed by atoms with Crippen molar-refractivity contribution in [3.05, 3.63) is 35.6 Å². The lowest BCUT2D eigenvalue weighted by Crippen LogP contribution is -2.44. The van der Waals surface area contributed by atoms with Crippen molar-refractivity contribution in [2.24, 2.45) is 5.92 Å². The fourth-order valence-corrected chi connectivity index (χ4v) is 1.94. The first-order chi connectivity index (χ1) is 10.2. The summed E-state index contributed by atoms with van der Waals surface area (Å²) in [4.78, 5) is 12.3. The van der Waals surface area contributed by atoms with E-state index in [4.69, 9.17) is 4.74 Å². The van der Waals surface area contributed by atoms with E-state index in [-0.39, 0.29) is 24.9 Å². The Labute approximate surface area is 131 Å². The van der Waals surface area contributed by atoms with E-state index in [9.17, 15) is 14.3 Å². The molecule has 0 aromatic heterocycles. The second-order valence-corrected chi connectivity index (χ2v) is 6.43. The molecule has 1 aromatic rings. The number of ether oxygens (including phenoxy) is 1. The van der Waals surface area contributed by atoms with Crippen molar-refractivity contribution < 1.29 is 19.0 Å². The maximum atomic E-state index is 13.3. The van der Waals surface area contributed by atoms with E-state index in [1.807, 2.05) is 13.8 Å². The zero-order valence-electron chi connectivity index (χ0n) is 13.7. The third kappa shape index (κ3) is 5.73. The molecule has 0 saturated heterocycles. The molecule has 22 heavy (non-hydrogen) atoms. The van der Waals surface area contributed by atoms with Crippen LogP contribution in [0.25, 0.3) is 0 Å². The number of amides is 1. The third-order valence-electron chi connectivity index (χ3n) is 3.37. The van der Waals surface area contributed by atoms with Crippen LogP contribution in [0.1, 0.15) is 33.3 Å². The summed E-state index contributed by atoms with van der Waals surface area (Å²) < 4.78 is 18.6. The maximum absolute atomic E-state index is 13.3. The van der Waals surface area contributed by atoms with Crippen LogP contribution >= 0.6 is 0 Å². The molecule has 4 nitrogen and oxygen atoms in total. The quantitative estimate of drug-likeness (QED) is 0.774. The lowest BCUT2D eigenvalue weighted by Gasteiger charge is -2.25. The largest absolute Gasteiger partial charge is 0.389 e. The predicted octanol–water partition coefficient (Wildman–Crippen LogP) is 2.25. The summed E-state index contributed by atoms with van der Waals surface area (Å²) in [5, 5.41) is 12.5. The van der Waals surface area contributed by atoms with Crippen LogP contribution in [0.4, 0.5) is 4.39 Å². The van der Waals surface area contributed by atoms with E-state index in [2.05, 4.69) is 5.32 Å². The predicted molar refractivity (Wildman–Crippen MR) is 84.1 cm³/mol. The molecule has 0 aliphatic rings. The first-order valence-corrected chi connectivity index (χ1v) is 7.53. The molecule has 1 rings (SSSR count). The van der Waals surface area contributed by atoms with Crippen LogP contribution < -0.4 is 5.32 Å². The van der Waals surface area contributed by atoms with Crippen molar-refractivity contribution in [2.45, 2.75) is 39.2 Å². The number of rotatable bonds is 8. The van der Waals surface area contributed by atoms with Crippen LogP contribution in [-0.4, -0.2) is 36.9 Å². The normalized spacial score (nSPS) is 13.2. The molecule has 0 saturated carbocycles. The molecule has 2 N–H and O–H groups in total. The van der Waals surface area contributed by atoms with Gasteiger partial charge in [0.15, 0.2) is 0 Å². The molecule has 0 aliphatic heterocycles. The van der Waals surface area contributed by atoms with Gasteiger partial charge in [-0.3, -0.25) is 4.79 Å². The molecule has 0 radical (unpaired) electrons. The van der Waals surface area contributed by atoms with E-state index >= 15 is 0 Å². The van der Waals surface area contributed by atoms with Crippen molar-refractivity contribution in [1.29, 1.82) is 0 Å². The van der Waals surface area contributed by atoms with Gasteiger partial charge in [0.05, 0.1) is 18.1 Å². The number of nitrogens with one attached hydrogen (secondary N) is 1. The minimum absolute atomic E-state index is 0.107. The second kappa shape index (κ2) is 8.25. The standard InChI is InChI=1S/C17H26FNO3/c1-12(2)10-22-11-15(20)9-19-16(21)17(3,4)13-6-5-7-14(18)8-13/h5-8,12,15,20H,9-11H2,1-4H3,(H,19,21). The molecule has 5 heteroatoms. The van der Waals surface area contributed by atoms with E-state index in [0.717, 1.165) is 0 Å². The van der Waals surface area contributed by atoms with Crippen LogP contribution in [0.3, 0.4) is 0 Å². The molecular formula is C17H26FNO3. The highest BCUT2D eigenvalue weighted by Gasteiger charge is 2.30. The van der Waals surface area contributed by atoms with Crippen molar-refractivity contribution in [1.82, 2.24) is 5.32 Å². The lowest BCUT2D eigenvalue weighted by atomic mass is 9.83. The number of benzene rings is 1. The fraction of sp³-hybridized carbons (Fsp3) is 0.588. The molecule has 1 unspecified atom stereocenters. The SMILES string of the molecule is CC(C)COCC(O)CNC(=O)C(C)(C)c1cccc(F)c1. The van der Waals surface area contributed by atoms with Crippen LogP contribution in [0.15, 0.2) is 24.3 Å². The number of aliphatic hydroxyl groups is 1. The number of carbonyl (C=O) groups is 1. The van der Waals surface area contributed by atoms with E-state index < -0.39 is 11.5 Å². The topological polar surface area (TPSA) is 58.6 Å². The summed E-state index contributed by atoms with van der Waals surface area (Å²) in [6, 6.07) is 5.98. The average molecular weight is 311 g/mol. The van der Waals surface area contributed by atoms with Gasteiger partial charge in [0.2, 0.25) is 5.91 Å². The zero-order chi connectivity index (χ0) is 16.8. The van der Waals surface area contributed by atoms with Crippen molar-refractivity contribution in [2.75, 3.05) is 19.8 Å². The Hall–Kier alpha value is -1.46. The van der Waals surface area contributed by atoms with Gasteiger partial charge >= 0.3 is 0 Å². The second-order valence-electron chi connectivity index (χ2n) is 6.43. The molecule has 1 atom stereocenters. The lowest BCUT2D eigenvalue weighted by molar-refractivity contribution is -0.126. The summed E-state index contributed by atoms with van der Waals surface area (Å²) in [7, 11) is 0. The van der Waals surface area contributed by atoms with Crippen molar-refractivity contribution in [3.63, 3.8) is 0 Å². The Morgan fingerprint density at radius 1 is 1.36 bits per heavy atom. The van der Waals surface area contributed by atoms with Gasteiger partial charge in [-0.15, -0.1) is 0 Å². The van der Waals surface area contributed by atoms with E-state index in [1.165, 1.54) is 12.1 Å². The Morgan fingerprint density at radius 2 is 2.05 bits per heavy atom. The first-order valence-electron chi connectivity index (χ1n) is 7.53. The highest BCUT2D eigenvalue weighted by atomic mass is 19.1. The third-order valence-corrected chi connectivity index (χ3v) is 3.37. The monoisotopic (exact) mass is 311 g/mol. The molecule has 0 aliphatic carbocycles. The number of aliphatic hydroxyl groups excluding tert-OH is 1. The molecule has 0 spiro atoms. The minimum Gasteiger partial charge on any atom is -0.389 e. The summed E-state index contributed by atoms with van der Waals surface area (Å²) in [5.74, 6) is -0.241. The maximum Gasteiger partial charge on any atom is 0.230 e. The highest BCUT2D eigenvalue weighted by Crippen LogP contribution is 2.23. The van der Waals surface area contributed by atoms with Gasteiger partial charge in [-0.25, -0.2) is 4.39 Å². The van der Waals surface area contributed by atoms with Crippen molar-refractivity contribution >= 4 is 5.91 Å². The molecule has 0 heterocycles. The van der Waals surface area contributed by atoms with Gasteiger partial charge in [0.1, 0.15) is 5.82 Å². The summed E-state index contributed by atoms with van der Waals surface area (Å²) in [6.45, 7) is 8.34. The number of halogens is 1. The first kappa shape index (κ1) is 18.6. The van der Waals surface area contributed by atoms with Gasteiger partial charge in [-0.05, 0) is 37.5 Å². The summed E-state index contributed by atoms with van der Waals surface area (Å²) in [5.41, 5.74) is -0.281. The Balaban J connectivity index is 2.50. The fourth-order valence-electron chi connectivity index (χ4n) is 1.94. The van der Waals surface area contributed by atoms with E-state index in [1.54, 1.807) is 26.0 Å². The Bertz CT molecular complexity index is 489. The van der Waals surface area contributed by atoms with Crippen molar-refractivity contribution in [3.8, 4) is 0 Å². The zero-order valence-corrected chi connectivity index (χ0v) is 13.7. The summed E-state index contributed by atoms with van der Waals surface area (Å²) in [6.07, 6.45) is -0.758. The highest BCUT2D eigenvalue weighted by molar-refractivity contribution is 5.87. The summed E-state index contributed by atoms with van der Waals surface area (Å²) >= 11 is 0. The van der Waals surface area contributed by atoms with Gasteiger partial charge < -0.3 is 15.2 Å². The van der Waals surface area contributed by atoms with Gasteiger partial charge in [0.25, 0.3) is 0 Å². The molecule has 1 amide bonds. The Morgan fingerprint density at radius 3 is 2.64 bits per heavy atom. The van der Waals surface area contributed by atoms with Gasteiger partial charge in [-0.2, -0.15) is 0 Å². The number of carbonyl (C=O) groups excluding carboxylic acids is 1. The molecular weight excluding hydrogens is 285 g/mol. The molecule has 1 aromatic carbocycles. The Kier molecular flexibility index (Phi) is 6.97. The minimum atomic E-state index is -0.874. The molecule has 0 fully saturated rings. The van der Waals surface area contributed by atoms with Crippen LogP contribution in [0.2, 0.25) is 0 Å². The van der Waals surface area contributed by atoms with E-state index in [0.29, 0.717) is 18.1 Å². The average Bonchev–Trinajstić information content (AvgIpc) is 2.44.